The number of methoxy groups -OCH3 is 1. The molecule has 3 rings (SSSR count). The summed E-state index contributed by atoms with van der Waals surface area (Å²) in [6.45, 7) is 0.770. The molecule has 1 amide bonds. The number of hydrogen-bond donors (Lipinski definition) is 3. The van der Waals surface area contributed by atoms with E-state index >= 15 is 0 Å². The van der Waals surface area contributed by atoms with Gasteiger partial charge in [0.2, 0.25) is 6.10 Å². The maximum Gasteiger partial charge on any atom is 0.283 e. The molecule has 27 heavy (non-hydrogen) atoms. The van der Waals surface area contributed by atoms with Crippen molar-refractivity contribution in [1.29, 1.82) is 0 Å². The van der Waals surface area contributed by atoms with Gasteiger partial charge in [-0.25, -0.2) is 0 Å². The lowest BCUT2D eigenvalue weighted by Gasteiger charge is -2.25. The summed E-state index contributed by atoms with van der Waals surface area (Å²) in [5.74, 6) is 1.64. The van der Waals surface area contributed by atoms with E-state index in [9.17, 15) is 4.79 Å². The molecular formula is C19H21N3O4S. The first-order valence-corrected chi connectivity index (χ1v) is 8.91. The number of hydrazine groups is 1. The molecule has 1 atom stereocenters. The molecule has 7 nitrogen and oxygen atoms in total. The maximum atomic E-state index is 12.2. The van der Waals surface area contributed by atoms with Crippen LogP contribution in [0.4, 0.5) is 0 Å². The minimum Gasteiger partial charge on any atom is -0.497 e. The third-order valence-corrected chi connectivity index (χ3v) is 4.20. The number of amides is 1. The van der Waals surface area contributed by atoms with Crippen LogP contribution in [0.5, 0.6) is 17.2 Å². The van der Waals surface area contributed by atoms with Gasteiger partial charge in [-0.1, -0.05) is 24.3 Å². The number of rotatable bonds is 5. The van der Waals surface area contributed by atoms with Crippen molar-refractivity contribution in [3.8, 4) is 17.2 Å². The van der Waals surface area contributed by atoms with Gasteiger partial charge in [0.25, 0.3) is 5.91 Å². The van der Waals surface area contributed by atoms with Crippen molar-refractivity contribution in [1.82, 2.24) is 16.2 Å². The summed E-state index contributed by atoms with van der Waals surface area (Å²) < 4.78 is 16.3. The fraction of sp³-hybridized carbons (Fsp3) is 0.263. The lowest BCUT2D eigenvalue weighted by molar-refractivity contribution is -0.130. The second kappa shape index (κ2) is 9.09. The smallest absolute Gasteiger partial charge is 0.283 e. The van der Waals surface area contributed by atoms with Gasteiger partial charge in [-0.2, -0.15) is 0 Å². The molecule has 142 valence electrons. The first-order chi connectivity index (χ1) is 13.2. The van der Waals surface area contributed by atoms with Crippen molar-refractivity contribution in [3.05, 3.63) is 54.1 Å². The highest BCUT2D eigenvalue weighted by Crippen LogP contribution is 2.30. The summed E-state index contributed by atoms with van der Waals surface area (Å²) in [7, 11) is 1.64. The Kier molecular flexibility index (Phi) is 6.32. The zero-order valence-electron chi connectivity index (χ0n) is 14.9. The summed E-state index contributed by atoms with van der Waals surface area (Å²) in [5.41, 5.74) is 6.36. The highest BCUT2D eigenvalue weighted by atomic mass is 32.1. The third kappa shape index (κ3) is 5.24. The molecular weight excluding hydrogens is 366 g/mol. The van der Waals surface area contributed by atoms with Crippen molar-refractivity contribution < 1.29 is 19.0 Å². The Bertz CT molecular complexity index is 798. The zero-order chi connectivity index (χ0) is 19.1. The van der Waals surface area contributed by atoms with Gasteiger partial charge in [-0.15, -0.1) is 0 Å². The van der Waals surface area contributed by atoms with E-state index in [4.69, 9.17) is 26.4 Å². The number of ether oxygens (including phenoxy) is 3. The molecule has 2 aromatic carbocycles. The van der Waals surface area contributed by atoms with Crippen molar-refractivity contribution in [2.45, 2.75) is 12.5 Å². The van der Waals surface area contributed by atoms with Crippen LogP contribution >= 0.6 is 12.2 Å². The van der Waals surface area contributed by atoms with Gasteiger partial charge in [-0.05, 0) is 48.5 Å². The summed E-state index contributed by atoms with van der Waals surface area (Å²) in [5, 5.41) is 3.36. The van der Waals surface area contributed by atoms with Crippen LogP contribution in [-0.4, -0.2) is 37.4 Å². The van der Waals surface area contributed by atoms with Crippen LogP contribution in [0.3, 0.4) is 0 Å². The number of hydrogen-bond acceptors (Lipinski definition) is 5. The van der Waals surface area contributed by atoms with E-state index in [0.29, 0.717) is 23.2 Å². The molecule has 0 saturated carbocycles. The lowest BCUT2D eigenvalue weighted by Crippen LogP contribution is -2.53. The minimum atomic E-state index is -0.741. The number of benzene rings is 2. The number of carbonyl (C=O) groups excluding carboxylic acids is 1. The molecule has 0 fully saturated rings. The van der Waals surface area contributed by atoms with Crippen LogP contribution < -0.4 is 30.4 Å². The fourth-order valence-corrected chi connectivity index (χ4v) is 2.66. The van der Waals surface area contributed by atoms with Gasteiger partial charge in [-0.3, -0.25) is 15.6 Å². The predicted molar refractivity (Wildman–Crippen MR) is 105 cm³/mol. The highest BCUT2D eigenvalue weighted by Gasteiger charge is 2.27. The SMILES string of the molecule is COc1ccc(CCNC(=S)NNC(=O)C2COc3ccccc3O2)cc1. The number of para-hydroxylation sites is 2. The zero-order valence-corrected chi connectivity index (χ0v) is 15.7. The van der Waals surface area contributed by atoms with Crippen LogP contribution in [0.25, 0.3) is 0 Å². The average molecular weight is 387 g/mol. The predicted octanol–water partition coefficient (Wildman–Crippen LogP) is 1.57. The Balaban J connectivity index is 1.37. The largest absolute Gasteiger partial charge is 0.497 e. The topological polar surface area (TPSA) is 80.9 Å². The van der Waals surface area contributed by atoms with Crippen LogP contribution in [-0.2, 0) is 11.2 Å². The Labute approximate surface area is 163 Å². The van der Waals surface area contributed by atoms with E-state index < -0.39 is 6.10 Å². The quantitative estimate of drug-likeness (QED) is 0.531. The summed E-state index contributed by atoms with van der Waals surface area (Å²) in [6, 6.07) is 15.0. The van der Waals surface area contributed by atoms with Crippen molar-refractivity contribution >= 4 is 23.2 Å². The van der Waals surface area contributed by atoms with Gasteiger partial charge < -0.3 is 19.5 Å². The Morgan fingerprint density at radius 1 is 1.15 bits per heavy atom. The summed E-state index contributed by atoms with van der Waals surface area (Å²) in [4.78, 5) is 12.2. The van der Waals surface area contributed by atoms with Crippen molar-refractivity contribution in [2.24, 2.45) is 0 Å². The van der Waals surface area contributed by atoms with Crippen LogP contribution in [0.2, 0.25) is 0 Å². The van der Waals surface area contributed by atoms with E-state index in [0.717, 1.165) is 17.7 Å². The molecule has 0 bridgehead atoms. The Hall–Kier alpha value is -3.00. The normalized spacial score (nSPS) is 14.8. The first-order valence-electron chi connectivity index (χ1n) is 8.51. The molecule has 3 N–H and O–H groups in total. The fourth-order valence-electron chi connectivity index (χ4n) is 2.50. The molecule has 0 aromatic heterocycles. The van der Waals surface area contributed by atoms with E-state index in [2.05, 4.69) is 16.2 Å². The van der Waals surface area contributed by atoms with E-state index in [-0.39, 0.29) is 12.5 Å². The highest BCUT2D eigenvalue weighted by molar-refractivity contribution is 7.80. The second-order valence-electron chi connectivity index (χ2n) is 5.83. The number of thiocarbonyl (C=S) groups is 1. The molecule has 1 unspecified atom stereocenters. The number of carbonyl (C=O) groups is 1. The van der Waals surface area contributed by atoms with Gasteiger partial charge in [0, 0.05) is 6.54 Å². The van der Waals surface area contributed by atoms with Crippen LogP contribution in [0, 0.1) is 0 Å². The standard InChI is InChI=1S/C19H21N3O4S/c1-24-14-8-6-13(7-9-14)10-11-20-19(27)22-21-18(23)17-12-25-15-4-2-3-5-16(15)26-17/h2-9,17H,10-12H2,1H3,(H,21,23)(H2,20,22,27). The molecule has 0 radical (unpaired) electrons. The molecule has 0 aliphatic carbocycles. The average Bonchev–Trinajstić information content (AvgIpc) is 2.72. The van der Waals surface area contributed by atoms with Gasteiger partial charge in [0.1, 0.15) is 12.4 Å². The Morgan fingerprint density at radius 3 is 2.63 bits per heavy atom. The molecule has 2 aromatic rings. The van der Waals surface area contributed by atoms with Gasteiger partial charge in [0.15, 0.2) is 16.6 Å². The van der Waals surface area contributed by atoms with E-state index in [1.54, 1.807) is 19.2 Å². The lowest BCUT2D eigenvalue weighted by atomic mass is 10.1. The summed E-state index contributed by atoms with van der Waals surface area (Å²) >= 11 is 5.16. The molecule has 8 heteroatoms. The van der Waals surface area contributed by atoms with Crippen LogP contribution in [0.15, 0.2) is 48.5 Å². The van der Waals surface area contributed by atoms with Crippen molar-refractivity contribution in [3.63, 3.8) is 0 Å². The number of nitrogens with one attached hydrogen (secondary N) is 3. The molecule has 0 spiro atoms. The number of fused-ring (bicyclic) bond motifs is 1. The van der Waals surface area contributed by atoms with Gasteiger partial charge in [0.05, 0.1) is 7.11 Å². The van der Waals surface area contributed by atoms with E-state index in [1.165, 1.54) is 0 Å². The van der Waals surface area contributed by atoms with Gasteiger partial charge >= 0.3 is 0 Å². The first kappa shape index (κ1) is 18.8. The monoisotopic (exact) mass is 387 g/mol. The van der Waals surface area contributed by atoms with Crippen LogP contribution in [0.1, 0.15) is 5.56 Å². The molecule has 0 saturated heterocycles. The second-order valence-corrected chi connectivity index (χ2v) is 6.24. The minimum absolute atomic E-state index is 0.141. The molecule has 1 aliphatic heterocycles. The van der Waals surface area contributed by atoms with Crippen molar-refractivity contribution in [2.75, 3.05) is 20.3 Å². The summed E-state index contributed by atoms with van der Waals surface area (Å²) in [6.07, 6.45) is 0.0466. The maximum absolute atomic E-state index is 12.2. The van der Waals surface area contributed by atoms with E-state index in [1.807, 2.05) is 36.4 Å². The molecule has 1 aliphatic rings. The third-order valence-electron chi connectivity index (χ3n) is 3.96. The Morgan fingerprint density at radius 2 is 1.89 bits per heavy atom. The molecule has 1 heterocycles.